The van der Waals surface area contributed by atoms with Crippen molar-refractivity contribution in [1.82, 2.24) is 10.2 Å². The molecule has 0 aromatic heterocycles. The maximum absolute atomic E-state index is 12.0. The van der Waals surface area contributed by atoms with Gasteiger partial charge in [0, 0.05) is 19.5 Å². The quantitative estimate of drug-likeness (QED) is 0.779. The second-order valence-corrected chi connectivity index (χ2v) is 5.83. The number of alkyl carbamates (subject to hydrolysis) is 1. The number of primary amides is 1. The zero-order chi connectivity index (χ0) is 15.3. The first kappa shape index (κ1) is 16.3. The molecule has 0 spiro atoms. The Hall–Kier alpha value is -1.79. The average Bonchev–Trinajstić information content (AvgIpc) is 2.74. The number of likely N-dealkylation sites (tertiary alicyclic amines) is 1. The fraction of sp³-hybridized carbons (Fsp3) is 0.769. The SMILES string of the molecule is CC(C)(C)OC(=O)NCCC(=O)N1CCC[C@H]1C(N)=O. The van der Waals surface area contributed by atoms with Crippen molar-refractivity contribution >= 4 is 17.9 Å². The zero-order valence-electron chi connectivity index (χ0n) is 12.3. The highest BCUT2D eigenvalue weighted by Crippen LogP contribution is 2.17. The summed E-state index contributed by atoms with van der Waals surface area (Å²) in [5.74, 6) is -0.654. The number of rotatable bonds is 4. The monoisotopic (exact) mass is 285 g/mol. The van der Waals surface area contributed by atoms with Crippen molar-refractivity contribution in [1.29, 1.82) is 0 Å². The van der Waals surface area contributed by atoms with E-state index >= 15 is 0 Å². The lowest BCUT2D eigenvalue weighted by Crippen LogP contribution is -2.44. The summed E-state index contributed by atoms with van der Waals surface area (Å²) in [4.78, 5) is 36.0. The number of hydrogen-bond donors (Lipinski definition) is 2. The van der Waals surface area contributed by atoms with Crippen LogP contribution in [0.3, 0.4) is 0 Å². The molecule has 7 heteroatoms. The Kier molecular flexibility index (Phi) is 5.35. The second-order valence-electron chi connectivity index (χ2n) is 5.83. The average molecular weight is 285 g/mol. The molecule has 0 radical (unpaired) electrons. The summed E-state index contributed by atoms with van der Waals surface area (Å²) in [6.45, 7) is 6.01. The smallest absolute Gasteiger partial charge is 0.407 e. The molecule has 0 unspecified atom stereocenters. The van der Waals surface area contributed by atoms with Crippen molar-refractivity contribution in [2.75, 3.05) is 13.1 Å². The van der Waals surface area contributed by atoms with Crippen LogP contribution in [0.1, 0.15) is 40.0 Å². The van der Waals surface area contributed by atoms with Gasteiger partial charge in [-0.15, -0.1) is 0 Å². The summed E-state index contributed by atoms with van der Waals surface area (Å²) in [5, 5.41) is 2.51. The van der Waals surface area contributed by atoms with Crippen LogP contribution in [0.4, 0.5) is 4.79 Å². The molecule has 1 atom stereocenters. The first-order chi connectivity index (χ1) is 9.20. The van der Waals surface area contributed by atoms with Crippen molar-refractivity contribution in [3.8, 4) is 0 Å². The summed E-state index contributed by atoms with van der Waals surface area (Å²) < 4.78 is 5.06. The van der Waals surface area contributed by atoms with Crippen LogP contribution in [0.2, 0.25) is 0 Å². The molecule has 20 heavy (non-hydrogen) atoms. The summed E-state index contributed by atoms with van der Waals surface area (Å²) >= 11 is 0. The highest BCUT2D eigenvalue weighted by Gasteiger charge is 2.32. The van der Waals surface area contributed by atoms with Gasteiger partial charge >= 0.3 is 6.09 Å². The third-order valence-electron chi connectivity index (χ3n) is 2.91. The second kappa shape index (κ2) is 6.58. The van der Waals surface area contributed by atoms with E-state index in [2.05, 4.69) is 5.32 Å². The van der Waals surface area contributed by atoms with Crippen molar-refractivity contribution < 1.29 is 19.1 Å². The fourth-order valence-corrected chi connectivity index (χ4v) is 2.09. The Morgan fingerprint density at radius 1 is 1.35 bits per heavy atom. The van der Waals surface area contributed by atoms with Gasteiger partial charge in [-0.25, -0.2) is 4.79 Å². The van der Waals surface area contributed by atoms with Gasteiger partial charge in [0.2, 0.25) is 11.8 Å². The van der Waals surface area contributed by atoms with E-state index in [1.807, 2.05) is 0 Å². The minimum Gasteiger partial charge on any atom is -0.444 e. The van der Waals surface area contributed by atoms with Gasteiger partial charge in [0.1, 0.15) is 11.6 Å². The minimum atomic E-state index is -0.569. The summed E-state index contributed by atoms with van der Waals surface area (Å²) in [6.07, 6.45) is 0.959. The first-order valence-electron chi connectivity index (χ1n) is 6.76. The van der Waals surface area contributed by atoms with Gasteiger partial charge in [-0.3, -0.25) is 9.59 Å². The van der Waals surface area contributed by atoms with E-state index < -0.39 is 23.6 Å². The molecule has 1 fully saturated rings. The number of ether oxygens (including phenoxy) is 1. The van der Waals surface area contributed by atoms with E-state index in [-0.39, 0.29) is 18.9 Å². The molecule has 114 valence electrons. The Labute approximate surface area is 118 Å². The molecule has 1 saturated heterocycles. The summed E-state index contributed by atoms with van der Waals surface area (Å²) in [6, 6.07) is -0.510. The van der Waals surface area contributed by atoms with Crippen LogP contribution in [0.25, 0.3) is 0 Å². The number of carbonyl (C=O) groups excluding carboxylic acids is 3. The van der Waals surface area contributed by atoms with E-state index in [4.69, 9.17) is 10.5 Å². The maximum Gasteiger partial charge on any atom is 0.407 e. The van der Waals surface area contributed by atoms with Gasteiger partial charge in [0.05, 0.1) is 0 Å². The topological polar surface area (TPSA) is 102 Å². The van der Waals surface area contributed by atoms with Crippen molar-refractivity contribution in [2.45, 2.75) is 51.7 Å². The van der Waals surface area contributed by atoms with E-state index in [0.29, 0.717) is 13.0 Å². The molecule has 1 aliphatic heterocycles. The van der Waals surface area contributed by atoms with Gasteiger partial charge in [-0.05, 0) is 33.6 Å². The fourth-order valence-electron chi connectivity index (χ4n) is 2.09. The third kappa shape index (κ3) is 5.07. The van der Waals surface area contributed by atoms with Crippen molar-refractivity contribution in [3.05, 3.63) is 0 Å². The first-order valence-corrected chi connectivity index (χ1v) is 6.76. The van der Waals surface area contributed by atoms with E-state index in [1.165, 1.54) is 4.90 Å². The van der Waals surface area contributed by atoms with E-state index in [1.54, 1.807) is 20.8 Å². The predicted molar refractivity (Wildman–Crippen MR) is 72.8 cm³/mol. The molecule has 3 amide bonds. The van der Waals surface area contributed by atoms with Gasteiger partial charge in [0.15, 0.2) is 0 Å². The lowest BCUT2D eigenvalue weighted by Gasteiger charge is -2.23. The molecule has 0 aromatic rings. The number of nitrogens with one attached hydrogen (secondary N) is 1. The predicted octanol–water partition coefficient (Wildman–Crippen LogP) is 0.378. The molecule has 1 aliphatic rings. The van der Waals surface area contributed by atoms with Crippen LogP contribution in [0.5, 0.6) is 0 Å². The van der Waals surface area contributed by atoms with E-state index in [0.717, 1.165) is 6.42 Å². The number of amides is 3. The number of nitrogens with zero attached hydrogens (tertiary/aromatic N) is 1. The molecule has 0 aromatic carbocycles. The van der Waals surface area contributed by atoms with Crippen molar-refractivity contribution in [2.24, 2.45) is 5.73 Å². The minimum absolute atomic E-state index is 0.128. The molecule has 0 bridgehead atoms. The van der Waals surface area contributed by atoms with Crippen LogP contribution in [0, 0.1) is 0 Å². The molecule has 0 saturated carbocycles. The van der Waals surface area contributed by atoms with Crippen LogP contribution in [0.15, 0.2) is 0 Å². The third-order valence-corrected chi connectivity index (χ3v) is 2.91. The Morgan fingerprint density at radius 2 is 2.00 bits per heavy atom. The Balaban J connectivity index is 2.33. The Morgan fingerprint density at radius 3 is 2.55 bits per heavy atom. The summed E-state index contributed by atoms with van der Waals surface area (Å²) in [5.41, 5.74) is 4.68. The van der Waals surface area contributed by atoms with Crippen LogP contribution < -0.4 is 11.1 Å². The van der Waals surface area contributed by atoms with Gasteiger partial charge in [0.25, 0.3) is 0 Å². The molecule has 7 nitrogen and oxygen atoms in total. The number of nitrogens with two attached hydrogens (primary N) is 1. The molecule has 1 heterocycles. The molecular formula is C13H23N3O4. The van der Waals surface area contributed by atoms with Crippen LogP contribution in [-0.4, -0.2) is 47.5 Å². The molecule has 3 N–H and O–H groups in total. The highest BCUT2D eigenvalue weighted by atomic mass is 16.6. The summed E-state index contributed by atoms with van der Waals surface area (Å²) in [7, 11) is 0. The van der Waals surface area contributed by atoms with Crippen molar-refractivity contribution in [3.63, 3.8) is 0 Å². The number of carbonyl (C=O) groups is 3. The Bertz CT molecular complexity index is 390. The molecule has 0 aliphatic carbocycles. The lowest BCUT2D eigenvalue weighted by atomic mass is 10.2. The lowest BCUT2D eigenvalue weighted by molar-refractivity contribution is -0.137. The highest BCUT2D eigenvalue weighted by molar-refractivity contribution is 5.87. The van der Waals surface area contributed by atoms with Crippen LogP contribution >= 0.6 is 0 Å². The zero-order valence-corrected chi connectivity index (χ0v) is 12.3. The van der Waals surface area contributed by atoms with Gasteiger partial charge < -0.3 is 20.7 Å². The standard InChI is InChI=1S/C13H23N3O4/c1-13(2,3)20-12(19)15-7-6-10(17)16-8-4-5-9(16)11(14)18/h9H,4-8H2,1-3H3,(H2,14,18)(H,15,19)/t9-/m0/s1. The van der Waals surface area contributed by atoms with Crippen LogP contribution in [-0.2, 0) is 14.3 Å². The number of hydrogen-bond acceptors (Lipinski definition) is 4. The molecule has 1 rings (SSSR count). The van der Waals surface area contributed by atoms with E-state index in [9.17, 15) is 14.4 Å². The maximum atomic E-state index is 12.0. The molecular weight excluding hydrogens is 262 g/mol. The van der Waals surface area contributed by atoms with Gasteiger partial charge in [-0.1, -0.05) is 0 Å². The largest absolute Gasteiger partial charge is 0.444 e. The van der Waals surface area contributed by atoms with Gasteiger partial charge in [-0.2, -0.15) is 0 Å². The normalized spacial score (nSPS) is 18.8.